The molecule has 5 nitrogen and oxygen atoms in total. The molecule has 0 spiro atoms. The molecule has 1 N–H and O–H groups in total. The Morgan fingerprint density at radius 3 is 2.43 bits per heavy atom. The molecule has 2 heterocycles. The van der Waals surface area contributed by atoms with Gasteiger partial charge in [0.05, 0.1) is 15.1 Å². The van der Waals surface area contributed by atoms with E-state index in [4.69, 9.17) is 12.2 Å². The highest BCUT2D eigenvalue weighted by molar-refractivity contribution is 8.02. The van der Waals surface area contributed by atoms with Crippen molar-refractivity contribution in [2.24, 2.45) is 5.41 Å². The van der Waals surface area contributed by atoms with Crippen LogP contribution >= 0.6 is 24.0 Å². The maximum atomic E-state index is 12.2. The Kier molecular flexibility index (Phi) is 3.78. The molecule has 21 heavy (non-hydrogen) atoms. The number of carbonyl (C=O) groups is 3. The Morgan fingerprint density at radius 1 is 1.48 bits per heavy atom. The maximum absolute atomic E-state index is 12.2. The summed E-state index contributed by atoms with van der Waals surface area (Å²) < 4.78 is -0.755. The van der Waals surface area contributed by atoms with Gasteiger partial charge in [0, 0.05) is 6.42 Å². The van der Waals surface area contributed by atoms with E-state index in [1.165, 1.54) is 25.6 Å². The highest BCUT2D eigenvalue weighted by Gasteiger charge is 2.71. The van der Waals surface area contributed by atoms with Crippen LogP contribution in [0, 0.1) is 5.41 Å². The maximum Gasteiger partial charge on any atom is 0.328 e. The predicted molar refractivity (Wildman–Crippen MR) is 84.3 cm³/mol. The number of Topliss-reactive ketones (excluding diaryl/α,β-unsaturated/α-hetero) is 2. The molecule has 0 aromatic heterocycles. The summed E-state index contributed by atoms with van der Waals surface area (Å²) in [6.45, 7) is 8.31. The number of carboxylic acids is 1. The first-order valence-electron chi connectivity index (χ1n) is 6.49. The van der Waals surface area contributed by atoms with Gasteiger partial charge in [0.25, 0.3) is 0 Å². The minimum absolute atomic E-state index is 0.0227. The lowest BCUT2D eigenvalue weighted by atomic mass is 9.71. The minimum Gasteiger partial charge on any atom is -0.480 e. The van der Waals surface area contributed by atoms with Crippen molar-refractivity contribution in [2.75, 3.05) is 0 Å². The van der Waals surface area contributed by atoms with Crippen molar-refractivity contribution >= 4 is 46.5 Å². The normalized spacial score (nSPS) is 37.7. The standard InChI is InChI=1S/C14H17NO4S2/c1-5-13(4)9(10(18)19)15-11(20)14(8(3)17,6-7(2)16)12(15)21-13/h5,9,12H,1,6H2,2-4H3,(H,18,19)/t9-,12+,13-,14-/m0/s1. The number of aliphatic carboxylic acids is 1. The fourth-order valence-corrected chi connectivity index (χ4v) is 5.64. The third kappa shape index (κ3) is 1.97. The van der Waals surface area contributed by atoms with E-state index in [0.29, 0.717) is 0 Å². The lowest BCUT2D eigenvalue weighted by molar-refractivity contribution is -0.145. The number of hydrogen-bond donors (Lipinski definition) is 1. The third-order valence-corrected chi connectivity index (χ3v) is 6.60. The molecule has 4 atom stereocenters. The number of hydrogen-bond acceptors (Lipinski definition) is 5. The van der Waals surface area contributed by atoms with E-state index in [1.54, 1.807) is 17.9 Å². The average Bonchev–Trinajstić information content (AvgIpc) is 2.67. The number of carboxylic acid groups (broad SMARTS) is 1. The quantitative estimate of drug-likeness (QED) is 0.608. The van der Waals surface area contributed by atoms with Gasteiger partial charge in [0.2, 0.25) is 0 Å². The van der Waals surface area contributed by atoms with Crippen molar-refractivity contribution in [3.8, 4) is 0 Å². The van der Waals surface area contributed by atoms with Gasteiger partial charge < -0.3 is 10.0 Å². The lowest BCUT2D eigenvalue weighted by Gasteiger charge is -2.54. The minimum atomic E-state index is -1.06. The average molecular weight is 327 g/mol. The summed E-state index contributed by atoms with van der Waals surface area (Å²) >= 11 is 6.68. The van der Waals surface area contributed by atoms with Crippen LogP contribution < -0.4 is 0 Å². The summed E-state index contributed by atoms with van der Waals surface area (Å²) in [5.41, 5.74) is -1.06. The molecule has 2 fully saturated rings. The number of rotatable bonds is 5. The molecule has 0 unspecified atom stereocenters. The fourth-order valence-electron chi connectivity index (χ4n) is 3.13. The zero-order chi connectivity index (χ0) is 16.2. The van der Waals surface area contributed by atoms with Crippen LogP contribution in [0.5, 0.6) is 0 Å². The molecule has 0 aromatic rings. The van der Waals surface area contributed by atoms with Crippen molar-refractivity contribution in [1.29, 1.82) is 0 Å². The van der Waals surface area contributed by atoms with E-state index >= 15 is 0 Å². The van der Waals surface area contributed by atoms with E-state index < -0.39 is 27.5 Å². The van der Waals surface area contributed by atoms with Crippen LogP contribution in [0.1, 0.15) is 27.2 Å². The molecular weight excluding hydrogens is 310 g/mol. The van der Waals surface area contributed by atoms with Gasteiger partial charge in [-0.1, -0.05) is 18.3 Å². The van der Waals surface area contributed by atoms with Crippen LogP contribution in [-0.4, -0.2) is 48.7 Å². The van der Waals surface area contributed by atoms with Crippen LogP contribution in [0.3, 0.4) is 0 Å². The van der Waals surface area contributed by atoms with Gasteiger partial charge in [0.15, 0.2) is 0 Å². The van der Waals surface area contributed by atoms with E-state index in [-0.39, 0.29) is 23.0 Å². The fraction of sp³-hybridized carbons (Fsp3) is 0.571. The number of fused-ring (bicyclic) bond motifs is 1. The Morgan fingerprint density at radius 2 is 2.05 bits per heavy atom. The van der Waals surface area contributed by atoms with Crippen LogP contribution in [0.4, 0.5) is 0 Å². The topological polar surface area (TPSA) is 74.7 Å². The van der Waals surface area contributed by atoms with Crippen LogP contribution in [0.2, 0.25) is 0 Å². The van der Waals surface area contributed by atoms with Crippen molar-refractivity contribution in [3.63, 3.8) is 0 Å². The van der Waals surface area contributed by atoms with Gasteiger partial charge in [0.1, 0.15) is 23.0 Å². The third-order valence-electron chi connectivity index (χ3n) is 4.27. The van der Waals surface area contributed by atoms with E-state index in [9.17, 15) is 19.5 Å². The molecule has 0 saturated carbocycles. The zero-order valence-corrected chi connectivity index (χ0v) is 13.7. The van der Waals surface area contributed by atoms with Crippen molar-refractivity contribution in [1.82, 2.24) is 4.90 Å². The van der Waals surface area contributed by atoms with E-state index in [2.05, 4.69) is 6.58 Å². The SMILES string of the molecule is C=C[C@]1(C)S[C@H]2N(C(=S)[C@]2(CC(C)=O)C(C)=O)[C@H]1C(=O)O. The molecule has 2 rings (SSSR count). The Hall–Kier alpha value is -1.21. The highest BCUT2D eigenvalue weighted by atomic mass is 32.2. The summed E-state index contributed by atoms with van der Waals surface area (Å²) in [4.78, 5) is 37.2. The van der Waals surface area contributed by atoms with Crippen LogP contribution in [0.15, 0.2) is 12.7 Å². The van der Waals surface area contributed by atoms with Crippen molar-refractivity contribution < 1.29 is 19.5 Å². The van der Waals surface area contributed by atoms with Crippen molar-refractivity contribution in [2.45, 2.75) is 43.4 Å². The van der Waals surface area contributed by atoms with E-state index in [0.717, 1.165) is 0 Å². The first kappa shape index (κ1) is 16.2. The monoisotopic (exact) mass is 327 g/mol. The van der Waals surface area contributed by atoms with E-state index in [1.807, 2.05) is 0 Å². The largest absolute Gasteiger partial charge is 0.480 e. The second-order valence-corrected chi connectivity index (χ2v) is 7.67. The van der Waals surface area contributed by atoms with Crippen molar-refractivity contribution in [3.05, 3.63) is 12.7 Å². The molecule has 0 aliphatic carbocycles. The number of nitrogens with zero attached hydrogens (tertiary/aromatic N) is 1. The number of thiocarbonyl (C=S) groups is 1. The highest BCUT2D eigenvalue weighted by Crippen LogP contribution is 2.61. The zero-order valence-electron chi connectivity index (χ0n) is 12.1. The molecule has 0 amide bonds. The van der Waals surface area contributed by atoms with Gasteiger partial charge in [-0.05, 0) is 20.8 Å². The van der Waals surface area contributed by atoms with Crippen LogP contribution in [-0.2, 0) is 14.4 Å². The second kappa shape index (κ2) is 4.91. The van der Waals surface area contributed by atoms with Gasteiger partial charge >= 0.3 is 5.97 Å². The molecule has 2 aliphatic rings. The van der Waals surface area contributed by atoms with Gasteiger partial charge in [-0.25, -0.2) is 4.79 Å². The first-order chi connectivity index (χ1) is 9.61. The molecular formula is C14H17NO4S2. The van der Waals surface area contributed by atoms with Gasteiger partial charge in [-0.3, -0.25) is 9.59 Å². The summed E-state index contributed by atoms with van der Waals surface area (Å²) in [6.07, 6.45) is 1.60. The molecule has 0 aromatic carbocycles. The number of carbonyl (C=O) groups excluding carboxylic acids is 2. The summed E-state index contributed by atoms with van der Waals surface area (Å²) in [5.74, 6) is -1.32. The number of ketones is 2. The van der Waals surface area contributed by atoms with Gasteiger partial charge in [-0.15, -0.1) is 18.3 Å². The first-order valence-corrected chi connectivity index (χ1v) is 7.78. The second-order valence-electron chi connectivity index (χ2n) is 5.72. The molecule has 2 saturated heterocycles. The Bertz CT molecular complexity index is 575. The molecule has 2 aliphatic heterocycles. The lowest BCUT2D eigenvalue weighted by Crippen LogP contribution is -2.71. The number of thioether (sulfide) groups is 1. The summed E-state index contributed by atoms with van der Waals surface area (Å²) in [6, 6.07) is -0.864. The summed E-state index contributed by atoms with van der Waals surface area (Å²) in [5, 5.41) is 9.08. The molecule has 114 valence electrons. The van der Waals surface area contributed by atoms with Crippen LogP contribution in [0.25, 0.3) is 0 Å². The Balaban J connectivity index is 2.49. The molecule has 7 heteroatoms. The summed E-state index contributed by atoms with van der Waals surface area (Å²) in [7, 11) is 0. The molecule has 0 bridgehead atoms. The molecule has 0 radical (unpaired) electrons. The predicted octanol–water partition coefficient (Wildman–Crippen LogP) is 1.65. The Labute approximate surface area is 132 Å². The smallest absolute Gasteiger partial charge is 0.328 e. The van der Waals surface area contributed by atoms with Gasteiger partial charge in [-0.2, -0.15) is 0 Å².